The van der Waals surface area contributed by atoms with Gasteiger partial charge in [-0.1, -0.05) is 18.2 Å². The van der Waals surface area contributed by atoms with Crippen molar-refractivity contribution in [2.75, 3.05) is 7.11 Å². The van der Waals surface area contributed by atoms with Crippen molar-refractivity contribution in [3.8, 4) is 0 Å². The zero-order valence-corrected chi connectivity index (χ0v) is 8.84. The summed E-state index contributed by atoms with van der Waals surface area (Å²) in [7, 11) is 1.74. The summed E-state index contributed by atoms with van der Waals surface area (Å²) in [6, 6.07) is 7.24. The summed E-state index contributed by atoms with van der Waals surface area (Å²) in [5, 5.41) is 3.46. The molecule has 1 aromatic carbocycles. The van der Waals surface area contributed by atoms with Crippen LogP contribution in [-0.2, 0) is 24.3 Å². The predicted octanol–water partition coefficient (Wildman–Crippen LogP) is 1.87. The third-order valence-electron chi connectivity index (χ3n) is 2.75. The van der Waals surface area contributed by atoms with Crippen molar-refractivity contribution in [1.82, 2.24) is 5.32 Å². The molecule has 2 nitrogen and oxygen atoms in total. The molecule has 1 aliphatic rings. The molecule has 0 aromatic heterocycles. The van der Waals surface area contributed by atoms with Crippen molar-refractivity contribution in [2.24, 2.45) is 0 Å². The van der Waals surface area contributed by atoms with Crippen LogP contribution in [0.25, 0.3) is 0 Å². The second kappa shape index (κ2) is 4.11. The molecule has 2 heteroatoms. The number of hydrogen-bond acceptors (Lipinski definition) is 2. The summed E-state index contributed by atoms with van der Waals surface area (Å²) in [4.78, 5) is 0. The number of ether oxygens (including phenoxy) is 1. The Kier molecular flexibility index (Phi) is 2.85. The second-order valence-corrected chi connectivity index (χ2v) is 4.02. The van der Waals surface area contributed by atoms with E-state index < -0.39 is 0 Å². The molecule has 0 spiro atoms. The fourth-order valence-electron chi connectivity index (χ4n) is 1.98. The van der Waals surface area contributed by atoms with Crippen LogP contribution in [0.2, 0.25) is 0 Å². The van der Waals surface area contributed by atoms with Crippen molar-refractivity contribution >= 4 is 0 Å². The lowest BCUT2D eigenvalue weighted by atomic mass is 9.95. The van der Waals surface area contributed by atoms with Gasteiger partial charge in [-0.2, -0.15) is 0 Å². The summed E-state index contributed by atoms with van der Waals surface area (Å²) in [5.74, 6) is 0. The van der Waals surface area contributed by atoms with Gasteiger partial charge in [-0.15, -0.1) is 0 Å². The van der Waals surface area contributed by atoms with Gasteiger partial charge in [0, 0.05) is 19.7 Å². The lowest BCUT2D eigenvalue weighted by Gasteiger charge is -2.23. The first kappa shape index (κ1) is 9.69. The van der Waals surface area contributed by atoms with Crippen molar-refractivity contribution < 1.29 is 4.74 Å². The van der Waals surface area contributed by atoms with Gasteiger partial charge in [0.15, 0.2) is 0 Å². The van der Waals surface area contributed by atoms with Crippen LogP contribution in [-0.4, -0.2) is 13.2 Å². The Morgan fingerprint density at radius 3 is 3.07 bits per heavy atom. The van der Waals surface area contributed by atoms with Crippen LogP contribution in [0.4, 0.5) is 0 Å². The average Bonchev–Trinajstić information content (AvgIpc) is 2.17. The zero-order valence-electron chi connectivity index (χ0n) is 8.84. The molecule has 1 unspecified atom stereocenters. The first-order chi connectivity index (χ1) is 6.79. The van der Waals surface area contributed by atoms with Gasteiger partial charge >= 0.3 is 0 Å². The highest BCUT2D eigenvalue weighted by atomic mass is 16.5. The van der Waals surface area contributed by atoms with Gasteiger partial charge in [0.2, 0.25) is 0 Å². The molecule has 0 bridgehead atoms. The minimum Gasteiger partial charge on any atom is -0.380 e. The Bertz CT molecular complexity index is 322. The van der Waals surface area contributed by atoms with E-state index in [-0.39, 0.29) is 0 Å². The lowest BCUT2D eigenvalue weighted by Crippen LogP contribution is -2.32. The summed E-state index contributed by atoms with van der Waals surface area (Å²) in [5.41, 5.74) is 4.19. The van der Waals surface area contributed by atoms with Gasteiger partial charge in [-0.25, -0.2) is 0 Å². The van der Waals surface area contributed by atoms with Crippen LogP contribution < -0.4 is 5.32 Å². The molecule has 14 heavy (non-hydrogen) atoms. The number of benzene rings is 1. The largest absolute Gasteiger partial charge is 0.380 e. The topological polar surface area (TPSA) is 21.3 Å². The fourth-order valence-corrected chi connectivity index (χ4v) is 1.98. The summed E-state index contributed by atoms with van der Waals surface area (Å²) >= 11 is 0. The van der Waals surface area contributed by atoms with E-state index in [4.69, 9.17) is 4.74 Å². The minimum absolute atomic E-state index is 0.597. The molecular formula is C12H17NO. The highest BCUT2D eigenvalue weighted by Crippen LogP contribution is 2.18. The molecule has 1 aromatic rings. The SMILES string of the molecule is COCc1ccc2c(c1)CC(C)NC2. The van der Waals surface area contributed by atoms with E-state index >= 15 is 0 Å². The molecule has 2 rings (SSSR count). The molecular weight excluding hydrogens is 174 g/mol. The maximum absolute atomic E-state index is 5.13. The van der Waals surface area contributed by atoms with Gasteiger partial charge in [-0.05, 0) is 30.0 Å². The summed E-state index contributed by atoms with van der Waals surface area (Å²) in [6.07, 6.45) is 1.13. The standard InChI is InChI=1S/C12H17NO/c1-9-5-12-6-10(8-14-2)3-4-11(12)7-13-9/h3-4,6,9,13H,5,7-8H2,1-2H3. The number of nitrogens with one attached hydrogen (secondary N) is 1. The van der Waals surface area contributed by atoms with Crippen LogP contribution in [0.15, 0.2) is 18.2 Å². The average molecular weight is 191 g/mol. The summed E-state index contributed by atoms with van der Waals surface area (Å²) < 4.78 is 5.13. The van der Waals surface area contributed by atoms with Gasteiger partial charge in [0.1, 0.15) is 0 Å². The first-order valence-electron chi connectivity index (χ1n) is 5.12. The molecule has 0 fully saturated rings. The fraction of sp³-hybridized carbons (Fsp3) is 0.500. The first-order valence-corrected chi connectivity index (χ1v) is 5.12. The monoisotopic (exact) mass is 191 g/mol. The Morgan fingerprint density at radius 1 is 1.43 bits per heavy atom. The van der Waals surface area contributed by atoms with Crippen molar-refractivity contribution in [2.45, 2.75) is 32.5 Å². The molecule has 0 amide bonds. The quantitative estimate of drug-likeness (QED) is 0.770. The molecule has 1 N–H and O–H groups in total. The highest BCUT2D eigenvalue weighted by Gasteiger charge is 2.13. The normalized spacial score (nSPS) is 20.6. The molecule has 76 valence electrons. The van der Waals surface area contributed by atoms with E-state index in [0.29, 0.717) is 6.04 Å². The Hall–Kier alpha value is -0.860. The molecule has 0 radical (unpaired) electrons. The number of methoxy groups -OCH3 is 1. The minimum atomic E-state index is 0.597. The van der Waals surface area contributed by atoms with Crippen molar-refractivity contribution in [1.29, 1.82) is 0 Å². The molecule has 1 aliphatic heterocycles. The highest BCUT2D eigenvalue weighted by molar-refractivity contribution is 5.34. The predicted molar refractivity (Wildman–Crippen MR) is 57.2 cm³/mol. The molecule has 0 saturated carbocycles. The molecule has 0 saturated heterocycles. The second-order valence-electron chi connectivity index (χ2n) is 4.02. The third kappa shape index (κ3) is 1.97. The smallest absolute Gasteiger partial charge is 0.0713 e. The lowest BCUT2D eigenvalue weighted by molar-refractivity contribution is 0.185. The summed E-state index contributed by atoms with van der Waals surface area (Å²) in [6.45, 7) is 3.95. The van der Waals surface area contributed by atoms with Gasteiger partial charge in [-0.3, -0.25) is 0 Å². The van der Waals surface area contributed by atoms with E-state index in [1.54, 1.807) is 7.11 Å². The maximum atomic E-state index is 5.13. The number of fused-ring (bicyclic) bond motifs is 1. The van der Waals surface area contributed by atoms with Crippen LogP contribution >= 0.6 is 0 Å². The Morgan fingerprint density at radius 2 is 2.29 bits per heavy atom. The number of hydrogen-bond donors (Lipinski definition) is 1. The van der Waals surface area contributed by atoms with Crippen molar-refractivity contribution in [3.05, 3.63) is 34.9 Å². The van der Waals surface area contributed by atoms with Crippen LogP contribution in [0.3, 0.4) is 0 Å². The Balaban J connectivity index is 2.24. The van der Waals surface area contributed by atoms with Crippen LogP contribution in [0.5, 0.6) is 0 Å². The van der Waals surface area contributed by atoms with Gasteiger partial charge in [0.05, 0.1) is 6.61 Å². The maximum Gasteiger partial charge on any atom is 0.0713 e. The van der Waals surface area contributed by atoms with Crippen molar-refractivity contribution in [3.63, 3.8) is 0 Å². The van der Waals surface area contributed by atoms with E-state index in [1.165, 1.54) is 16.7 Å². The zero-order chi connectivity index (χ0) is 9.97. The van der Waals surface area contributed by atoms with E-state index in [1.807, 2.05) is 0 Å². The van der Waals surface area contributed by atoms with E-state index in [0.717, 1.165) is 19.6 Å². The van der Waals surface area contributed by atoms with Gasteiger partial charge < -0.3 is 10.1 Å². The van der Waals surface area contributed by atoms with Gasteiger partial charge in [0.25, 0.3) is 0 Å². The van der Waals surface area contributed by atoms with Crippen LogP contribution in [0.1, 0.15) is 23.6 Å². The third-order valence-corrected chi connectivity index (χ3v) is 2.75. The number of rotatable bonds is 2. The van der Waals surface area contributed by atoms with E-state index in [9.17, 15) is 0 Å². The molecule has 0 aliphatic carbocycles. The Labute approximate surface area is 85.3 Å². The molecule has 1 atom stereocenters. The molecule has 1 heterocycles. The van der Waals surface area contributed by atoms with Crippen LogP contribution in [0, 0.1) is 0 Å². The van der Waals surface area contributed by atoms with E-state index in [2.05, 4.69) is 30.4 Å².